The Morgan fingerprint density at radius 2 is 1.79 bits per heavy atom. The zero-order chi connectivity index (χ0) is 17.5. The van der Waals surface area contributed by atoms with E-state index in [0.717, 1.165) is 3.57 Å². The van der Waals surface area contributed by atoms with Crippen LogP contribution in [-0.4, -0.2) is 18.4 Å². The van der Waals surface area contributed by atoms with Gasteiger partial charge in [0.2, 0.25) is 0 Å². The molecule has 0 aromatic heterocycles. The molecule has 126 valence electrons. The number of benzene rings is 2. The lowest BCUT2D eigenvalue weighted by Gasteiger charge is -2.10. The number of carbonyl (C=O) groups excluding carboxylic acids is 2. The molecule has 2 aromatic rings. The van der Waals surface area contributed by atoms with Crippen molar-refractivity contribution in [1.29, 1.82) is 0 Å². The monoisotopic (exact) mass is 438 g/mol. The van der Waals surface area contributed by atoms with Gasteiger partial charge in [-0.15, -0.1) is 0 Å². The molecular weight excluding hydrogens is 419 g/mol. The van der Waals surface area contributed by atoms with Gasteiger partial charge in [-0.1, -0.05) is 32.0 Å². The first-order valence-corrected chi connectivity index (χ1v) is 8.61. The third-order valence-corrected chi connectivity index (χ3v) is 3.99. The van der Waals surface area contributed by atoms with E-state index >= 15 is 0 Å². The summed E-state index contributed by atoms with van der Waals surface area (Å²) in [6, 6.07) is 14.7. The van der Waals surface area contributed by atoms with Crippen molar-refractivity contribution in [3.05, 3.63) is 63.2 Å². The Bertz CT molecular complexity index is 714. The van der Waals surface area contributed by atoms with Gasteiger partial charge in [0.25, 0.3) is 11.8 Å². The summed E-state index contributed by atoms with van der Waals surface area (Å²) in [5.41, 5.74) is 6.38. The molecule has 2 aromatic carbocycles. The van der Waals surface area contributed by atoms with E-state index in [1.807, 2.05) is 30.3 Å². The molecule has 0 saturated carbocycles. The van der Waals surface area contributed by atoms with Crippen LogP contribution in [0.15, 0.2) is 48.5 Å². The minimum absolute atomic E-state index is 0.173. The summed E-state index contributed by atoms with van der Waals surface area (Å²) in [5.74, 6) is 0.252. The number of hydrazine groups is 1. The van der Waals surface area contributed by atoms with Crippen LogP contribution in [0, 0.1) is 3.57 Å². The molecule has 6 heteroatoms. The third-order valence-electron chi connectivity index (χ3n) is 3.32. The van der Waals surface area contributed by atoms with Gasteiger partial charge < -0.3 is 4.74 Å². The standard InChI is InChI=1S/C18H19IN2O3/c1-12(2)13-6-8-16(9-7-13)24-11-17(22)20-21-18(23)14-4-3-5-15(19)10-14/h3-10,12H,11H2,1-2H3,(H,20,22)(H,21,23). The third kappa shape index (κ3) is 5.52. The lowest BCUT2D eigenvalue weighted by molar-refractivity contribution is -0.123. The number of amides is 2. The minimum atomic E-state index is -0.429. The highest BCUT2D eigenvalue weighted by Crippen LogP contribution is 2.18. The summed E-state index contributed by atoms with van der Waals surface area (Å²) in [5, 5.41) is 0. The largest absolute Gasteiger partial charge is 0.484 e. The van der Waals surface area contributed by atoms with Crippen LogP contribution in [0.3, 0.4) is 0 Å². The predicted molar refractivity (Wildman–Crippen MR) is 101 cm³/mol. The second-order valence-electron chi connectivity index (χ2n) is 5.53. The smallest absolute Gasteiger partial charge is 0.276 e. The first-order valence-electron chi connectivity index (χ1n) is 7.53. The second kappa shape index (κ2) is 8.68. The first kappa shape index (κ1) is 18.3. The average Bonchev–Trinajstić information content (AvgIpc) is 2.58. The maximum absolute atomic E-state index is 11.9. The van der Waals surface area contributed by atoms with Crippen LogP contribution in [0.1, 0.15) is 35.7 Å². The molecule has 0 radical (unpaired) electrons. The molecular formula is C18H19IN2O3. The molecule has 0 spiro atoms. The molecule has 0 heterocycles. The summed E-state index contributed by atoms with van der Waals surface area (Å²) < 4.78 is 6.34. The second-order valence-corrected chi connectivity index (χ2v) is 6.77. The number of nitrogens with one attached hydrogen (secondary N) is 2. The van der Waals surface area contributed by atoms with E-state index in [1.165, 1.54) is 5.56 Å². The van der Waals surface area contributed by atoms with Gasteiger partial charge in [0, 0.05) is 9.13 Å². The van der Waals surface area contributed by atoms with Gasteiger partial charge in [0.05, 0.1) is 0 Å². The molecule has 2 rings (SSSR count). The summed E-state index contributed by atoms with van der Waals surface area (Å²) >= 11 is 2.12. The molecule has 0 atom stereocenters. The van der Waals surface area contributed by atoms with Crippen molar-refractivity contribution < 1.29 is 14.3 Å². The number of ether oxygens (including phenoxy) is 1. The molecule has 0 fully saturated rings. The molecule has 2 amide bonds. The normalized spacial score (nSPS) is 10.3. The van der Waals surface area contributed by atoms with E-state index in [-0.39, 0.29) is 12.5 Å². The summed E-state index contributed by atoms with van der Waals surface area (Å²) in [4.78, 5) is 23.6. The zero-order valence-electron chi connectivity index (χ0n) is 13.5. The molecule has 0 unspecified atom stereocenters. The highest BCUT2D eigenvalue weighted by molar-refractivity contribution is 14.1. The van der Waals surface area contributed by atoms with Crippen LogP contribution in [0.25, 0.3) is 0 Å². The van der Waals surface area contributed by atoms with Crippen molar-refractivity contribution in [2.75, 3.05) is 6.61 Å². The molecule has 5 nitrogen and oxygen atoms in total. The quantitative estimate of drug-likeness (QED) is 0.557. The number of rotatable bonds is 5. The van der Waals surface area contributed by atoms with Gasteiger partial charge in [-0.05, 0) is 64.4 Å². The van der Waals surface area contributed by atoms with Gasteiger partial charge in [-0.2, -0.15) is 0 Å². The Morgan fingerprint density at radius 1 is 1.08 bits per heavy atom. The van der Waals surface area contributed by atoms with E-state index in [0.29, 0.717) is 17.2 Å². The predicted octanol–water partition coefficient (Wildman–Crippen LogP) is 3.25. The lowest BCUT2D eigenvalue weighted by Crippen LogP contribution is -2.43. The Labute approximate surface area is 154 Å². The fourth-order valence-corrected chi connectivity index (χ4v) is 2.51. The molecule has 0 aliphatic heterocycles. The fraction of sp³-hybridized carbons (Fsp3) is 0.222. The van der Waals surface area contributed by atoms with Gasteiger partial charge in [0.15, 0.2) is 6.61 Å². The Balaban J connectivity index is 1.78. The van der Waals surface area contributed by atoms with E-state index in [1.54, 1.807) is 18.2 Å². The number of hydrogen-bond acceptors (Lipinski definition) is 3. The van der Waals surface area contributed by atoms with Crippen molar-refractivity contribution in [2.24, 2.45) is 0 Å². The van der Waals surface area contributed by atoms with E-state index in [2.05, 4.69) is 47.3 Å². The van der Waals surface area contributed by atoms with E-state index in [4.69, 9.17) is 4.74 Å². The van der Waals surface area contributed by atoms with Gasteiger partial charge in [-0.3, -0.25) is 20.4 Å². The van der Waals surface area contributed by atoms with Gasteiger partial charge in [0.1, 0.15) is 5.75 Å². The van der Waals surface area contributed by atoms with Crippen molar-refractivity contribution in [3.8, 4) is 5.75 Å². The SMILES string of the molecule is CC(C)c1ccc(OCC(=O)NNC(=O)c2cccc(I)c2)cc1. The minimum Gasteiger partial charge on any atom is -0.484 e. The molecule has 0 saturated heterocycles. The highest BCUT2D eigenvalue weighted by atomic mass is 127. The molecule has 2 N–H and O–H groups in total. The van der Waals surface area contributed by atoms with Crippen molar-refractivity contribution in [2.45, 2.75) is 19.8 Å². The van der Waals surface area contributed by atoms with Gasteiger partial charge in [-0.25, -0.2) is 0 Å². The van der Waals surface area contributed by atoms with Crippen LogP contribution in [0.2, 0.25) is 0 Å². The fourth-order valence-electron chi connectivity index (χ4n) is 1.96. The molecule has 0 aliphatic rings. The van der Waals surface area contributed by atoms with Crippen LogP contribution >= 0.6 is 22.6 Å². The van der Waals surface area contributed by atoms with Crippen LogP contribution in [0.4, 0.5) is 0 Å². The van der Waals surface area contributed by atoms with Crippen molar-refractivity contribution in [3.63, 3.8) is 0 Å². The van der Waals surface area contributed by atoms with E-state index < -0.39 is 5.91 Å². The van der Waals surface area contributed by atoms with Crippen molar-refractivity contribution >= 4 is 34.4 Å². The van der Waals surface area contributed by atoms with Crippen molar-refractivity contribution in [1.82, 2.24) is 10.9 Å². The number of carbonyl (C=O) groups is 2. The summed E-state index contributed by atoms with van der Waals surface area (Å²) in [7, 11) is 0. The molecule has 0 bridgehead atoms. The topological polar surface area (TPSA) is 67.4 Å². The van der Waals surface area contributed by atoms with Crippen LogP contribution in [-0.2, 0) is 4.79 Å². The Morgan fingerprint density at radius 3 is 2.42 bits per heavy atom. The number of hydrogen-bond donors (Lipinski definition) is 2. The lowest BCUT2D eigenvalue weighted by atomic mass is 10.0. The Hall–Kier alpha value is -2.09. The van der Waals surface area contributed by atoms with Gasteiger partial charge >= 0.3 is 0 Å². The van der Waals surface area contributed by atoms with Crippen LogP contribution in [0.5, 0.6) is 5.75 Å². The Kier molecular flexibility index (Phi) is 6.60. The molecule has 24 heavy (non-hydrogen) atoms. The summed E-state index contributed by atoms with van der Waals surface area (Å²) in [6.07, 6.45) is 0. The first-order chi connectivity index (χ1) is 11.5. The highest BCUT2D eigenvalue weighted by Gasteiger charge is 2.08. The molecule has 0 aliphatic carbocycles. The zero-order valence-corrected chi connectivity index (χ0v) is 15.7. The number of halogens is 1. The van der Waals surface area contributed by atoms with Crippen LogP contribution < -0.4 is 15.6 Å². The van der Waals surface area contributed by atoms with E-state index in [9.17, 15) is 9.59 Å². The summed E-state index contributed by atoms with van der Waals surface area (Å²) in [6.45, 7) is 4.05. The average molecular weight is 438 g/mol. The maximum Gasteiger partial charge on any atom is 0.276 e. The maximum atomic E-state index is 11.9.